The Morgan fingerprint density at radius 2 is 1.84 bits per heavy atom. The highest BCUT2D eigenvalue weighted by Crippen LogP contribution is 2.23. The molecule has 0 aliphatic heterocycles. The van der Waals surface area contributed by atoms with Crippen LogP contribution in [0.1, 0.15) is 15.9 Å². The van der Waals surface area contributed by atoms with Crippen molar-refractivity contribution in [1.29, 1.82) is 0 Å². The number of anilines is 1. The van der Waals surface area contributed by atoms with Crippen LogP contribution in [0.15, 0.2) is 60.8 Å². The molecule has 3 rings (SSSR count). The summed E-state index contributed by atoms with van der Waals surface area (Å²) in [5.41, 5.74) is 1.08. The Kier molecular flexibility index (Phi) is 6.76. The zero-order valence-electron chi connectivity index (χ0n) is 15.7. The maximum Gasteiger partial charge on any atom is 0.573 e. The van der Waals surface area contributed by atoms with Crippen LogP contribution in [0.3, 0.4) is 0 Å². The lowest BCUT2D eigenvalue weighted by Crippen LogP contribution is -2.22. The normalized spacial score (nSPS) is 11.0. The predicted octanol–water partition coefficient (Wildman–Crippen LogP) is 3.19. The first-order valence-corrected chi connectivity index (χ1v) is 8.75. The Morgan fingerprint density at radius 3 is 2.45 bits per heavy atom. The summed E-state index contributed by atoms with van der Waals surface area (Å²) in [7, 11) is 0.729. The standard InChI is InChI=1S/C20H14BF4N2O4/c22-14-2-4-15(5-3-14)27-19(28)12-1-8-18(26-10-12)30-11-13-9-16(31-20(23,24)25)6-7-17(13)21-29/h1-10,29H,11H2,(H,27,28). The average molecular weight is 433 g/mol. The van der Waals surface area contributed by atoms with Crippen molar-refractivity contribution >= 4 is 24.5 Å². The van der Waals surface area contributed by atoms with Crippen molar-refractivity contribution < 1.29 is 36.9 Å². The monoisotopic (exact) mass is 433 g/mol. The summed E-state index contributed by atoms with van der Waals surface area (Å²) in [4.78, 5) is 16.2. The zero-order valence-corrected chi connectivity index (χ0v) is 15.7. The van der Waals surface area contributed by atoms with Gasteiger partial charge in [-0.05, 0) is 53.5 Å². The second kappa shape index (κ2) is 9.48. The van der Waals surface area contributed by atoms with E-state index >= 15 is 0 Å². The first-order valence-electron chi connectivity index (χ1n) is 8.75. The Morgan fingerprint density at radius 1 is 1.10 bits per heavy atom. The third-order valence-electron chi connectivity index (χ3n) is 3.96. The van der Waals surface area contributed by atoms with Crippen LogP contribution in [-0.2, 0) is 6.61 Å². The minimum atomic E-state index is -4.85. The van der Waals surface area contributed by atoms with Crippen LogP contribution in [0, 0.1) is 5.82 Å². The quantitative estimate of drug-likeness (QED) is 0.442. The molecule has 2 N–H and O–H groups in total. The van der Waals surface area contributed by atoms with E-state index in [9.17, 15) is 27.4 Å². The summed E-state index contributed by atoms with van der Waals surface area (Å²) in [5, 5.41) is 11.8. The summed E-state index contributed by atoms with van der Waals surface area (Å²) in [5.74, 6) is -1.26. The topological polar surface area (TPSA) is 80.7 Å². The van der Waals surface area contributed by atoms with Gasteiger partial charge in [-0.1, -0.05) is 6.07 Å². The maximum absolute atomic E-state index is 12.9. The van der Waals surface area contributed by atoms with Crippen LogP contribution in [0.2, 0.25) is 0 Å². The van der Waals surface area contributed by atoms with E-state index in [1.165, 1.54) is 48.7 Å². The molecule has 0 spiro atoms. The average Bonchev–Trinajstić information content (AvgIpc) is 2.73. The molecule has 0 saturated heterocycles. The number of nitrogens with zero attached hydrogens (tertiary/aromatic N) is 1. The lowest BCUT2D eigenvalue weighted by Gasteiger charge is -2.13. The lowest BCUT2D eigenvalue weighted by molar-refractivity contribution is -0.274. The second-order valence-corrected chi connectivity index (χ2v) is 6.17. The van der Waals surface area contributed by atoms with Gasteiger partial charge in [0.2, 0.25) is 5.88 Å². The summed E-state index contributed by atoms with van der Waals surface area (Å²) in [6.07, 6.45) is -3.61. The molecule has 0 unspecified atom stereocenters. The van der Waals surface area contributed by atoms with E-state index in [2.05, 4.69) is 15.0 Å². The van der Waals surface area contributed by atoms with Crippen molar-refractivity contribution in [2.24, 2.45) is 0 Å². The molecule has 0 atom stereocenters. The molecule has 31 heavy (non-hydrogen) atoms. The lowest BCUT2D eigenvalue weighted by atomic mass is 9.84. The fourth-order valence-corrected chi connectivity index (χ4v) is 2.52. The van der Waals surface area contributed by atoms with Crippen molar-refractivity contribution in [3.8, 4) is 11.6 Å². The van der Waals surface area contributed by atoms with Gasteiger partial charge in [0.1, 0.15) is 18.2 Å². The van der Waals surface area contributed by atoms with Gasteiger partial charge in [-0.2, -0.15) is 0 Å². The number of aromatic nitrogens is 1. The Bertz CT molecular complexity index is 1040. The van der Waals surface area contributed by atoms with Gasteiger partial charge in [0.05, 0.1) is 5.56 Å². The number of halogens is 4. The fraction of sp³-hybridized carbons (Fsp3) is 0.100. The molecule has 0 fully saturated rings. The summed E-state index contributed by atoms with van der Waals surface area (Å²) >= 11 is 0. The number of rotatable bonds is 7. The first-order chi connectivity index (χ1) is 14.7. The van der Waals surface area contributed by atoms with Gasteiger partial charge in [0.15, 0.2) is 0 Å². The van der Waals surface area contributed by atoms with Crippen LogP contribution >= 0.6 is 0 Å². The third kappa shape index (κ3) is 6.44. The second-order valence-electron chi connectivity index (χ2n) is 6.17. The molecule has 1 radical (unpaired) electrons. The van der Waals surface area contributed by atoms with Gasteiger partial charge in [0.25, 0.3) is 5.91 Å². The van der Waals surface area contributed by atoms with Gasteiger partial charge < -0.3 is 19.8 Å². The van der Waals surface area contributed by atoms with E-state index in [0.29, 0.717) is 5.69 Å². The Hall–Kier alpha value is -3.60. The summed E-state index contributed by atoms with van der Waals surface area (Å²) in [6.45, 7) is -0.213. The van der Waals surface area contributed by atoms with E-state index in [1.54, 1.807) is 0 Å². The molecule has 6 nitrogen and oxygen atoms in total. The highest BCUT2D eigenvalue weighted by Gasteiger charge is 2.31. The number of carbonyl (C=O) groups excluding carboxylic acids is 1. The molecule has 2 aromatic carbocycles. The van der Waals surface area contributed by atoms with Crippen LogP contribution in [0.25, 0.3) is 0 Å². The number of carbonyl (C=O) groups is 1. The molecular formula is C20H14BF4N2O4. The molecule has 1 heterocycles. The van der Waals surface area contributed by atoms with Crippen molar-refractivity contribution in [1.82, 2.24) is 4.98 Å². The van der Waals surface area contributed by atoms with Crippen LogP contribution in [0.4, 0.5) is 23.2 Å². The maximum atomic E-state index is 12.9. The molecule has 0 aliphatic carbocycles. The number of nitrogens with one attached hydrogen (secondary N) is 1. The molecule has 1 aromatic heterocycles. The number of alkyl halides is 3. The van der Waals surface area contributed by atoms with E-state index in [0.717, 1.165) is 19.6 Å². The van der Waals surface area contributed by atoms with Gasteiger partial charge in [-0.3, -0.25) is 4.79 Å². The van der Waals surface area contributed by atoms with E-state index in [1.807, 2.05) is 0 Å². The minimum Gasteiger partial charge on any atom is -0.473 e. The van der Waals surface area contributed by atoms with E-state index in [-0.39, 0.29) is 29.1 Å². The molecule has 3 aromatic rings. The van der Waals surface area contributed by atoms with E-state index < -0.39 is 23.8 Å². The molecular weight excluding hydrogens is 419 g/mol. The molecule has 0 aliphatic rings. The first kappa shape index (κ1) is 22.1. The molecule has 11 heteroatoms. The van der Waals surface area contributed by atoms with Crippen molar-refractivity contribution in [3.63, 3.8) is 0 Å². The number of amides is 1. The molecule has 0 bridgehead atoms. The number of ether oxygens (including phenoxy) is 2. The SMILES string of the molecule is O=C(Nc1ccc(F)cc1)c1ccc(OCc2cc(OC(F)(F)F)ccc2[B]O)nc1. The smallest absolute Gasteiger partial charge is 0.473 e. The van der Waals surface area contributed by atoms with Gasteiger partial charge in [-0.15, -0.1) is 13.2 Å². The largest absolute Gasteiger partial charge is 0.573 e. The highest BCUT2D eigenvalue weighted by atomic mass is 19.4. The van der Waals surface area contributed by atoms with E-state index in [4.69, 9.17) is 4.74 Å². The van der Waals surface area contributed by atoms with Crippen molar-refractivity contribution in [3.05, 3.63) is 77.7 Å². The minimum absolute atomic E-state index is 0.101. The molecule has 159 valence electrons. The Balaban J connectivity index is 1.64. The Labute approximate surface area is 174 Å². The molecule has 0 saturated carbocycles. The summed E-state index contributed by atoms with van der Waals surface area (Å²) in [6, 6.07) is 11.5. The highest BCUT2D eigenvalue weighted by molar-refractivity contribution is 6.46. The van der Waals surface area contributed by atoms with Crippen LogP contribution in [0.5, 0.6) is 11.6 Å². The predicted molar refractivity (Wildman–Crippen MR) is 104 cm³/mol. The van der Waals surface area contributed by atoms with Crippen LogP contribution in [-0.4, -0.2) is 29.8 Å². The van der Waals surface area contributed by atoms with Crippen molar-refractivity contribution in [2.45, 2.75) is 13.0 Å². The van der Waals surface area contributed by atoms with Gasteiger partial charge in [-0.25, -0.2) is 9.37 Å². The number of benzene rings is 2. The summed E-state index contributed by atoms with van der Waals surface area (Å²) < 4.78 is 59.4. The number of hydrogen-bond donors (Lipinski definition) is 2. The molecule has 1 amide bonds. The van der Waals surface area contributed by atoms with Gasteiger partial charge in [0, 0.05) is 18.0 Å². The fourth-order valence-electron chi connectivity index (χ4n) is 2.52. The van der Waals surface area contributed by atoms with Crippen molar-refractivity contribution in [2.75, 3.05) is 5.32 Å². The number of hydrogen-bond acceptors (Lipinski definition) is 5. The van der Waals surface area contributed by atoms with Gasteiger partial charge >= 0.3 is 13.8 Å². The van der Waals surface area contributed by atoms with Crippen LogP contribution < -0.4 is 20.3 Å². The number of pyridine rings is 1. The zero-order chi connectivity index (χ0) is 22.4. The third-order valence-corrected chi connectivity index (χ3v) is 3.96.